The van der Waals surface area contributed by atoms with Crippen molar-refractivity contribution in [1.29, 1.82) is 0 Å². The quantitative estimate of drug-likeness (QED) is 0.924. The van der Waals surface area contributed by atoms with Gasteiger partial charge in [-0.25, -0.2) is 4.39 Å². The van der Waals surface area contributed by atoms with Crippen LogP contribution in [0.3, 0.4) is 0 Å². The summed E-state index contributed by atoms with van der Waals surface area (Å²) in [5.41, 5.74) is 0.0550. The summed E-state index contributed by atoms with van der Waals surface area (Å²) in [6, 6.07) is 3.01. The van der Waals surface area contributed by atoms with E-state index < -0.39 is 17.7 Å². The van der Waals surface area contributed by atoms with E-state index in [-0.39, 0.29) is 15.8 Å². The molecule has 82 valence electrons. The molecule has 0 radical (unpaired) electrons. The van der Waals surface area contributed by atoms with Crippen molar-refractivity contribution in [2.45, 2.75) is 12.8 Å². The molecule has 3 nitrogen and oxygen atoms in total. The van der Waals surface area contributed by atoms with Crippen LogP contribution in [0.2, 0.25) is 0 Å². The van der Waals surface area contributed by atoms with Crippen LogP contribution in [0.5, 0.6) is 5.75 Å². The summed E-state index contributed by atoms with van der Waals surface area (Å²) >= 11 is 3.00. The SMILES string of the molecule is COc1ccc(Br)c(F)c1C(C)C(=O)O. The molecule has 1 aromatic carbocycles. The number of carboxylic acids is 1. The number of carbonyl (C=O) groups is 1. The second-order valence-electron chi connectivity index (χ2n) is 3.04. The zero-order valence-electron chi connectivity index (χ0n) is 8.25. The van der Waals surface area contributed by atoms with Crippen molar-refractivity contribution in [1.82, 2.24) is 0 Å². The van der Waals surface area contributed by atoms with Gasteiger partial charge in [0.2, 0.25) is 0 Å². The topological polar surface area (TPSA) is 46.5 Å². The lowest BCUT2D eigenvalue weighted by Gasteiger charge is -2.13. The summed E-state index contributed by atoms with van der Waals surface area (Å²) in [6.45, 7) is 1.41. The second kappa shape index (κ2) is 4.61. The Morgan fingerprint density at radius 2 is 2.20 bits per heavy atom. The predicted octanol–water partition coefficient (Wildman–Crippen LogP) is 2.78. The third kappa shape index (κ3) is 2.28. The zero-order valence-corrected chi connectivity index (χ0v) is 9.84. The van der Waals surface area contributed by atoms with Crippen LogP contribution in [0, 0.1) is 5.82 Å². The minimum atomic E-state index is -1.09. The van der Waals surface area contributed by atoms with Gasteiger partial charge in [0.15, 0.2) is 0 Å². The van der Waals surface area contributed by atoms with Gasteiger partial charge in [0, 0.05) is 5.56 Å². The van der Waals surface area contributed by atoms with E-state index in [0.29, 0.717) is 0 Å². The summed E-state index contributed by atoms with van der Waals surface area (Å²) in [4.78, 5) is 10.8. The number of benzene rings is 1. The molecule has 0 saturated carbocycles. The summed E-state index contributed by atoms with van der Waals surface area (Å²) in [5.74, 6) is -2.39. The van der Waals surface area contributed by atoms with E-state index in [0.717, 1.165) is 0 Å². The minimum Gasteiger partial charge on any atom is -0.496 e. The monoisotopic (exact) mass is 276 g/mol. The summed E-state index contributed by atoms with van der Waals surface area (Å²) in [5, 5.41) is 8.83. The number of ether oxygens (including phenoxy) is 1. The molecule has 0 aliphatic heterocycles. The Balaban J connectivity index is 3.35. The Labute approximate surface area is 95.0 Å². The molecule has 0 spiro atoms. The number of methoxy groups -OCH3 is 1. The number of rotatable bonds is 3. The number of hydrogen-bond donors (Lipinski definition) is 1. The van der Waals surface area contributed by atoms with Crippen LogP contribution in [0.15, 0.2) is 16.6 Å². The molecule has 0 aliphatic rings. The Morgan fingerprint density at radius 3 is 2.67 bits per heavy atom. The Hall–Kier alpha value is -1.10. The number of halogens is 2. The van der Waals surface area contributed by atoms with Crippen LogP contribution in [-0.4, -0.2) is 18.2 Å². The van der Waals surface area contributed by atoms with Gasteiger partial charge in [-0.15, -0.1) is 0 Å². The maximum absolute atomic E-state index is 13.7. The summed E-state index contributed by atoms with van der Waals surface area (Å²) in [7, 11) is 1.38. The highest BCUT2D eigenvalue weighted by atomic mass is 79.9. The Kier molecular flexibility index (Phi) is 3.68. The van der Waals surface area contributed by atoms with Gasteiger partial charge < -0.3 is 9.84 Å². The van der Waals surface area contributed by atoms with Gasteiger partial charge in [0.25, 0.3) is 0 Å². The minimum absolute atomic E-state index is 0.0550. The van der Waals surface area contributed by atoms with Crippen molar-refractivity contribution in [2.24, 2.45) is 0 Å². The maximum Gasteiger partial charge on any atom is 0.310 e. The zero-order chi connectivity index (χ0) is 11.6. The van der Waals surface area contributed by atoms with Crippen molar-refractivity contribution in [3.8, 4) is 5.75 Å². The van der Waals surface area contributed by atoms with Crippen LogP contribution in [0.1, 0.15) is 18.4 Å². The number of carboxylic acid groups (broad SMARTS) is 1. The summed E-state index contributed by atoms with van der Waals surface area (Å²) in [6.07, 6.45) is 0. The largest absolute Gasteiger partial charge is 0.496 e. The van der Waals surface area contributed by atoms with E-state index in [4.69, 9.17) is 9.84 Å². The first kappa shape index (κ1) is 12.0. The second-order valence-corrected chi connectivity index (χ2v) is 3.89. The fraction of sp³-hybridized carbons (Fsp3) is 0.300. The van der Waals surface area contributed by atoms with Crippen molar-refractivity contribution in [2.75, 3.05) is 7.11 Å². The van der Waals surface area contributed by atoms with Crippen LogP contribution in [0.4, 0.5) is 4.39 Å². The van der Waals surface area contributed by atoms with Crippen LogP contribution in [-0.2, 0) is 4.79 Å². The Bertz CT molecular complexity index is 392. The molecular formula is C10H10BrFO3. The van der Waals surface area contributed by atoms with E-state index in [1.807, 2.05) is 0 Å². The van der Waals surface area contributed by atoms with E-state index in [1.165, 1.54) is 26.2 Å². The van der Waals surface area contributed by atoms with Crippen molar-refractivity contribution in [3.63, 3.8) is 0 Å². The molecule has 0 saturated heterocycles. The van der Waals surface area contributed by atoms with Crippen molar-refractivity contribution in [3.05, 3.63) is 28.0 Å². The van der Waals surface area contributed by atoms with Gasteiger partial charge in [-0.2, -0.15) is 0 Å². The van der Waals surface area contributed by atoms with Gasteiger partial charge in [-0.05, 0) is 35.0 Å². The van der Waals surface area contributed by atoms with Gasteiger partial charge in [-0.3, -0.25) is 4.79 Å². The summed E-state index contributed by atoms with van der Waals surface area (Å²) < 4.78 is 18.8. The molecule has 0 bridgehead atoms. The Morgan fingerprint density at radius 1 is 1.60 bits per heavy atom. The van der Waals surface area contributed by atoms with E-state index in [2.05, 4.69) is 15.9 Å². The molecule has 1 aromatic rings. The highest BCUT2D eigenvalue weighted by Crippen LogP contribution is 2.33. The lowest BCUT2D eigenvalue weighted by atomic mass is 10.00. The molecule has 0 aromatic heterocycles. The standard InChI is InChI=1S/C10H10BrFO3/c1-5(10(13)14)8-7(15-2)4-3-6(11)9(8)12/h3-5H,1-2H3,(H,13,14). The normalized spacial score (nSPS) is 12.3. The molecule has 1 rings (SSSR count). The van der Waals surface area contributed by atoms with E-state index >= 15 is 0 Å². The fourth-order valence-corrected chi connectivity index (χ4v) is 1.60. The lowest BCUT2D eigenvalue weighted by molar-refractivity contribution is -0.138. The average Bonchev–Trinajstić information content (AvgIpc) is 2.20. The van der Waals surface area contributed by atoms with Gasteiger partial charge >= 0.3 is 5.97 Å². The number of aliphatic carboxylic acids is 1. The van der Waals surface area contributed by atoms with Crippen LogP contribution in [0.25, 0.3) is 0 Å². The number of hydrogen-bond acceptors (Lipinski definition) is 2. The molecule has 0 fully saturated rings. The first-order chi connectivity index (χ1) is 6.99. The highest BCUT2D eigenvalue weighted by Gasteiger charge is 2.23. The lowest BCUT2D eigenvalue weighted by Crippen LogP contribution is -2.11. The first-order valence-corrected chi connectivity index (χ1v) is 5.03. The van der Waals surface area contributed by atoms with Gasteiger partial charge in [-0.1, -0.05) is 0 Å². The van der Waals surface area contributed by atoms with Crippen molar-refractivity contribution < 1.29 is 19.0 Å². The molecule has 1 unspecified atom stereocenters. The van der Waals surface area contributed by atoms with Gasteiger partial charge in [0.1, 0.15) is 11.6 Å². The molecule has 1 atom stereocenters. The predicted molar refractivity (Wildman–Crippen MR) is 56.7 cm³/mol. The molecule has 5 heteroatoms. The maximum atomic E-state index is 13.7. The first-order valence-electron chi connectivity index (χ1n) is 4.23. The third-order valence-corrected chi connectivity index (χ3v) is 2.73. The van der Waals surface area contributed by atoms with Gasteiger partial charge in [0.05, 0.1) is 17.5 Å². The molecule has 0 amide bonds. The van der Waals surface area contributed by atoms with Crippen LogP contribution < -0.4 is 4.74 Å². The molecule has 0 aliphatic carbocycles. The van der Waals surface area contributed by atoms with E-state index in [9.17, 15) is 9.18 Å². The third-order valence-electron chi connectivity index (χ3n) is 2.12. The van der Waals surface area contributed by atoms with Crippen LogP contribution >= 0.6 is 15.9 Å². The molecule has 1 N–H and O–H groups in total. The smallest absolute Gasteiger partial charge is 0.310 e. The molecule has 15 heavy (non-hydrogen) atoms. The van der Waals surface area contributed by atoms with Crippen molar-refractivity contribution >= 4 is 21.9 Å². The fourth-order valence-electron chi connectivity index (χ4n) is 1.25. The van der Waals surface area contributed by atoms with E-state index in [1.54, 1.807) is 0 Å². The molecular weight excluding hydrogens is 267 g/mol. The highest BCUT2D eigenvalue weighted by molar-refractivity contribution is 9.10. The average molecular weight is 277 g/mol. The molecule has 0 heterocycles.